The van der Waals surface area contributed by atoms with Crippen molar-refractivity contribution in [2.45, 2.75) is 31.1 Å². The van der Waals surface area contributed by atoms with Gasteiger partial charge in [0.15, 0.2) is 0 Å². The van der Waals surface area contributed by atoms with E-state index >= 15 is 0 Å². The first kappa shape index (κ1) is 15.4. The van der Waals surface area contributed by atoms with E-state index in [0.29, 0.717) is 31.9 Å². The normalized spacial score (nSPS) is 27.5. The Kier molecular flexibility index (Phi) is 4.12. The second-order valence-corrected chi connectivity index (χ2v) is 6.48. The molecular weight excluding hydrogens is 310 g/mol. The minimum Gasteiger partial charge on any atom is -0.472 e. The van der Waals surface area contributed by atoms with Crippen LogP contribution in [0.2, 0.25) is 0 Å². The van der Waals surface area contributed by atoms with E-state index in [2.05, 4.69) is 5.10 Å². The molecule has 0 bridgehead atoms. The fraction of sp³-hybridized carbons (Fsp3) is 0.529. The fourth-order valence-electron chi connectivity index (χ4n) is 3.51. The van der Waals surface area contributed by atoms with Crippen molar-refractivity contribution in [2.75, 3.05) is 26.3 Å². The molecule has 7 heteroatoms. The van der Waals surface area contributed by atoms with Crippen LogP contribution in [-0.4, -0.2) is 58.6 Å². The number of rotatable bonds is 3. The highest BCUT2D eigenvalue weighted by Crippen LogP contribution is 2.34. The van der Waals surface area contributed by atoms with E-state index in [0.717, 1.165) is 19.4 Å². The van der Waals surface area contributed by atoms with E-state index in [1.165, 1.54) is 12.5 Å². The number of ether oxygens (including phenoxy) is 2. The summed E-state index contributed by atoms with van der Waals surface area (Å²) in [7, 11) is 0. The third-order valence-corrected chi connectivity index (χ3v) is 4.69. The third kappa shape index (κ3) is 3.09. The van der Waals surface area contributed by atoms with Crippen LogP contribution < -0.4 is 0 Å². The number of furan rings is 1. The molecule has 1 spiro atoms. The topological polar surface area (TPSA) is 69.7 Å². The van der Waals surface area contributed by atoms with Crippen LogP contribution >= 0.6 is 0 Å². The molecule has 0 saturated carbocycles. The van der Waals surface area contributed by atoms with Crippen molar-refractivity contribution in [3.8, 4) is 0 Å². The Balaban J connectivity index is 1.45. The number of carbonyl (C=O) groups is 1. The lowest BCUT2D eigenvalue weighted by molar-refractivity contribution is -0.0881. The van der Waals surface area contributed by atoms with Crippen molar-refractivity contribution in [2.24, 2.45) is 0 Å². The Morgan fingerprint density at radius 3 is 3.21 bits per heavy atom. The fourth-order valence-corrected chi connectivity index (χ4v) is 3.51. The Morgan fingerprint density at radius 2 is 2.42 bits per heavy atom. The van der Waals surface area contributed by atoms with E-state index in [4.69, 9.17) is 13.9 Å². The smallest absolute Gasteiger partial charge is 0.257 e. The van der Waals surface area contributed by atoms with Gasteiger partial charge < -0.3 is 18.8 Å². The van der Waals surface area contributed by atoms with Crippen molar-refractivity contribution < 1.29 is 18.7 Å². The summed E-state index contributed by atoms with van der Waals surface area (Å²) in [6.07, 6.45) is 8.63. The minimum absolute atomic E-state index is 0.0345. The minimum atomic E-state index is -0.423. The number of aromatic nitrogens is 2. The molecule has 4 heterocycles. The van der Waals surface area contributed by atoms with Gasteiger partial charge in [0.25, 0.3) is 5.91 Å². The Hall–Kier alpha value is -2.12. The summed E-state index contributed by atoms with van der Waals surface area (Å²) in [4.78, 5) is 14.4. The molecule has 2 atom stereocenters. The third-order valence-electron chi connectivity index (χ3n) is 4.69. The number of hydrogen-bond donors (Lipinski definition) is 0. The average Bonchev–Trinajstić information content (AvgIpc) is 3.30. The zero-order valence-electron chi connectivity index (χ0n) is 13.5. The van der Waals surface area contributed by atoms with Crippen LogP contribution in [0.4, 0.5) is 0 Å². The Morgan fingerprint density at radius 1 is 1.46 bits per heavy atom. The van der Waals surface area contributed by atoms with Gasteiger partial charge in [0.05, 0.1) is 44.2 Å². The lowest BCUT2D eigenvalue weighted by Crippen LogP contribution is -2.46. The summed E-state index contributed by atoms with van der Waals surface area (Å²) in [6, 6.07) is 3.60. The van der Waals surface area contributed by atoms with Gasteiger partial charge in [-0.1, -0.05) is 0 Å². The lowest BCUT2D eigenvalue weighted by atomic mass is 10.00. The van der Waals surface area contributed by atoms with E-state index < -0.39 is 5.60 Å². The van der Waals surface area contributed by atoms with Gasteiger partial charge in [-0.2, -0.15) is 5.10 Å². The van der Waals surface area contributed by atoms with Crippen molar-refractivity contribution in [3.05, 3.63) is 42.6 Å². The molecule has 0 radical (unpaired) electrons. The standard InChI is InChI=1S/C17H21N3O4/c21-16(14-3-8-22-11-14)19-7-9-23-13-17(12-19)4-2-15(24-17)10-20-6-1-5-18-20/h1,3,5-6,8,11,15H,2,4,7,9-10,12-13H2/t15-,17-/m0/s1. The van der Waals surface area contributed by atoms with Crippen molar-refractivity contribution in [3.63, 3.8) is 0 Å². The summed E-state index contributed by atoms with van der Waals surface area (Å²) in [5.74, 6) is -0.0345. The van der Waals surface area contributed by atoms with Crippen molar-refractivity contribution in [1.29, 1.82) is 0 Å². The molecule has 0 aliphatic carbocycles. The highest BCUT2D eigenvalue weighted by Gasteiger charge is 2.44. The van der Waals surface area contributed by atoms with Crippen molar-refractivity contribution >= 4 is 5.91 Å². The van der Waals surface area contributed by atoms with Gasteiger partial charge in [-0.3, -0.25) is 9.48 Å². The van der Waals surface area contributed by atoms with Crippen LogP contribution in [0.1, 0.15) is 23.2 Å². The van der Waals surface area contributed by atoms with Gasteiger partial charge >= 0.3 is 0 Å². The van der Waals surface area contributed by atoms with Gasteiger partial charge in [-0.15, -0.1) is 0 Å². The average molecular weight is 331 g/mol. The SMILES string of the molecule is O=C(c1ccoc1)N1CCOC[C@]2(CC[C@@H](Cn3cccn3)O2)C1. The molecule has 0 unspecified atom stereocenters. The number of carbonyl (C=O) groups excluding carboxylic acids is 1. The summed E-state index contributed by atoms with van der Waals surface area (Å²) in [6.45, 7) is 2.90. The van der Waals surface area contributed by atoms with E-state index in [1.54, 1.807) is 12.3 Å². The zero-order valence-corrected chi connectivity index (χ0v) is 13.5. The quantitative estimate of drug-likeness (QED) is 0.854. The van der Waals surface area contributed by atoms with Gasteiger partial charge in [0.2, 0.25) is 0 Å². The molecule has 2 saturated heterocycles. The largest absolute Gasteiger partial charge is 0.472 e. The molecule has 2 aromatic rings. The molecule has 24 heavy (non-hydrogen) atoms. The van der Waals surface area contributed by atoms with Crippen LogP contribution in [0, 0.1) is 0 Å². The molecule has 2 fully saturated rings. The van der Waals surface area contributed by atoms with Gasteiger partial charge in [-0.25, -0.2) is 0 Å². The van der Waals surface area contributed by atoms with Crippen LogP contribution in [0.25, 0.3) is 0 Å². The van der Waals surface area contributed by atoms with Gasteiger partial charge in [-0.05, 0) is 25.0 Å². The molecule has 2 aliphatic heterocycles. The summed E-state index contributed by atoms with van der Waals surface area (Å²) in [5, 5.41) is 4.24. The summed E-state index contributed by atoms with van der Waals surface area (Å²) in [5.41, 5.74) is 0.145. The van der Waals surface area contributed by atoms with E-state index in [1.807, 2.05) is 21.8 Å². The highest BCUT2D eigenvalue weighted by molar-refractivity contribution is 5.93. The van der Waals surface area contributed by atoms with E-state index in [-0.39, 0.29) is 12.0 Å². The van der Waals surface area contributed by atoms with Crippen LogP contribution in [-0.2, 0) is 16.0 Å². The molecule has 2 aromatic heterocycles. The second-order valence-electron chi connectivity index (χ2n) is 6.48. The zero-order chi connectivity index (χ0) is 16.4. The monoisotopic (exact) mass is 331 g/mol. The number of nitrogens with zero attached hydrogens (tertiary/aromatic N) is 3. The second kappa shape index (κ2) is 6.41. The predicted molar refractivity (Wildman–Crippen MR) is 84.5 cm³/mol. The van der Waals surface area contributed by atoms with Crippen LogP contribution in [0.3, 0.4) is 0 Å². The van der Waals surface area contributed by atoms with Gasteiger partial charge in [0.1, 0.15) is 11.9 Å². The molecule has 0 N–H and O–H groups in total. The van der Waals surface area contributed by atoms with Crippen LogP contribution in [0.15, 0.2) is 41.5 Å². The number of amides is 1. The van der Waals surface area contributed by atoms with E-state index in [9.17, 15) is 4.79 Å². The maximum Gasteiger partial charge on any atom is 0.257 e. The summed E-state index contributed by atoms with van der Waals surface area (Å²) >= 11 is 0. The first-order valence-electron chi connectivity index (χ1n) is 8.29. The van der Waals surface area contributed by atoms with Crippen LogP contribution in [0.5, 0.6) is 0 Å². The molecule has 0 aromatic carbocycles. The number of hydrogen-bond acceptors (Lipinski definition) is 5. The molecule has 7 nitrogen and oxygen atoms in total. The molecular formula is C17H21N3O4. The predicted octanol–water partition coefficient (Wildman–Crippen LogP) is 1.57. The molecule has 4 rings (SSSR count). The maximum atomic E-state index is 12.6. The first-order chi connectivity index (χ1) is 11.7. The highest BCUT2D eigenvalue weighted by atomic mass is 16.6. The Labute approximate surface area is 140 Å². The molecule has 1 amide bonds. The Bertz CT molecular complexity index is 670. The molecule has 128 valence electrons. The van der Waals surface area contributed by atoms with Crippen molar-refractivity contribution in [1.82, 2.24) is 14.7 Å². The first-order valence-corrected chi connectivity index (χ1v) is 8.29. The molecule has 2 aliphatic rings. The van der Waals surface area contributed by atoms with Gasteiger partial charge in [0, 0.05) is 18.9 Å². The maximum absolute atomic E-state index is 12.6. The lowest BCUT2D eigenvalue weighted by Gasteiger charge is -2.31. The summed E-state index contributed by atoms with van der Waals surface area (Å²) < 4.78 is 19.0.